The van der Waals surface area contributed by atoms with Gasteiger partial charge >= 0.3 is 0 Å². The van der Waals surface area contributed by atoms with Crippen molar-refractivity contribution in [2.45, 2.75) is 9.79 Å². The Hall–Kier alpha value is -1.97. The number of halogens is 2. The Balaban J connectivity index is 1.90. The third kappa shape index (κ3) is 6.29. The summed E-state index contributed by atoms with van der Waals surface area (Å²) >= 11 is 1.24. The summed E-state index contributed by atoms with van der Waals surface area (Å²) in [6.45, 7) is 0.0222. The topological polar surface area (TPSA) is 49.9 Å². The molecule has 2 rings (SSSR count). The summed E-state index contributed by atoms with van der Waals surface area (Å²) in [6.07, 6.45) is 0. The molecule has 1 atom stereocenters. The number of carbonyl (C=O) groups excluding carboxylic acids is 1. The van der Waals surface area contributed by atoms with E-state index in [4.69, 9.17) is 4.74 Å². The van der Waals surface area contributed by atoms with Crippen LogP contribution in [0.15, 0.2) is 52.3 Å². The van der Waals surface area contributed by atoms with Crippen LogP contribution in [-0.4, -0.2) is 59.4 Å². The Morgan fingerprint density at radius 2 is 1.71 bits per heavy atom. The van der Waals surface area contributed by atoms with Crippen molar-refractivity contribution < 1.29 is 22.5 Å². The molecule has 0 spiro atoms. The predicted molar refractivity (Wildman–Crippen MR) is 107 cm³/mol. The summed E-state index contributed by atoms with van der Waals surface area (Å²) in [7, 11) is 3.49. The van der Waals surface area contributed by atoms with Gasteiger partial charge in [-0.2, -0.15) is 0 Å². The fourth-order valence-electron chi connectivity index (χ4n) is 2.11. The van der Waals surface area contributed by atoms with Crippen LogP contribution in [0.2, 0.25) is 0 Å². The lowest BCUT2D eigenvalue weighted by atomic mass is 10.3. The number of ether oxygens (including phenoxy) is 1. The van der Waals surface area contributed by atoms with Gasteiger partial charge in [-0.3, -0.25) is 4.79 Å². The summed E-state index contributed by atoms with van der Waals surface area (Å²) < 4.78 is 47.3. The van der Waals surface area contributed by atoms with E-state index in [1.54, 1.807) is 23.5 Å². The molecule has 2 aromatic rings. The van der Waals surface area contributed by atoms with Gasteiger partial charge in [-0.25, -0.2) is 17.3 Å². The number of likely N-dealkylation sites (N-methyl/N-ethyl adjacent to an activating group) is 1. The lowest BCUT2D eigenvalue weighted by Gasteiger charge is -2.16. The van der Waals surface area contributed by atoms with E-state index in [1.165, 1.54) is 30.8 Å². The highest BCUT2D eigenvalue weighted by atomic mass is 32.2. The van der Waals surface area contributed by atoms with Crippen LogP contribution in [0.5, 0.6) is 5.75 Å². The first-order valence-electron chi connectivity index (χ1n) is 8.42. The van der Waals surface area contributed by atoms with Crippen LogP contribution in [0.25, 0.3) is 0 Å². The molecule has 0 N–H and O–H groups in total. The van der Waals surface area contributed by atoms with Crippen LogP contribution < -0.4 is 4.74 Å². The Bertz CT molecular complexity index is 812. The molecule has 0 aromatic heterocycles. The van der Waals surface area contributed by atoms with E-state index in [9.17, 15) is 17.8 Å². The summed E-state index contributed by atoms with van der Waals surface area (Å²) in [5.41, 5.74) is 0. The zero-order valence-electron chi connectivity index (χ0n) is 15.9. The van der Waals surface area contributed by atoms with Crippen LogP contribution in [-0.2, 0) is 15.8 Å². The molecular formula is C19H22F2N2O3S2. The summed E-state index contributed by atoms with van der Waals surface area (Å²) in [5, 5.41) is 0. The molecule has 28 heavy (non-hydrogen) atoms. The van der Waals surface area contributed by atoms with Crippen LogP contribution in [0.4, 0.5) is 8.78 Å². The first kappa shape index (κ1) is 22.3. The monoisotopic (exact) mass is 428 g/mol. The molecule has 0 saturated carbocycles. The van der Waals surface area contributed by atoms with E-state index in [-0.39, 0.29) is 0 Å². The minimum absolute atomic E-state index is 0.389. The highest BCUT2D eigenvalue weighted by Crippen LogP contribution is 2.28. The second-order valence-corrected chi connectivity index (χ2v) is 8.82. The first-order chi connectivity index (χ1) is 13.3. The van der Waals surface area contributed by atoms with Crippen molar-refractivity contribution in [1.29, 1.82) is 0 Å². The largest absolute Gasteiger partial charge is 0.478 e. The number of hydrogen-bond donors (Lipinski definition) is 0. The number of rotatable bonds is 9. The van der Waals surface area contributed by atoms with Crippen molar-refractivity contribution in [3.63, 3.8) is 0 Å². The van der Waals surface area contributed by atoms with Gasteiger partial charge in [-0.05, 0) is 24.3 Å². The Morgan fingerprint density at radius 3 is 2.29 bits per heavy atom. The van der Waals surface area contributed by atoms with Gasteiger partial charge in [0, 0.05) is 38.3 Å². The molecule has 9 heteroatoms. The molecule has 152 valence electrons. The normalized spacial score (nSPS) is 12.1. The molecule has 0 aliphatic carbocycles. The molecule has 0 aliphatic heterocycles. The Morgan fingerprint density at radius 1 is 1.11 bits per heavy atom. The highest BCUT2D eigenvalue weighted by molar-refractivity contribution is 7.99. The van der Waals surface area contributed by atoms with Crippen molar-refractivity contribution in [3.8, 4) is 5.75 Å². The Kier molecular flexibility index (Phi) is 8.40. The second kappa shape index (κ2) is 10.5. The van der Waals surface area contributed by atoms with Crippen LogP contribution >= 0.6 is 11.8 Å². The minimum atomic E-state index is -1.29. The van der Waals surface area contributed by atoms with Crippen LogP contribution in [0.3, 0.4) is 0 Å². The average molecular weight is 429 g/mol. The average Bonchev–Trinajstić information content (AvgIpc) is 2.67. The maximum Gasteiger partial charge on any atom is 0.259 e. The van der Waals surface area contributed by atoms with Gasteiger partial charge in [0.05, 0.1) is 4.90 Å². The fourth-order valence-corrected chi connectivity index (χ4v) is 4.21. The minimum Gasteiger partial charge on any atom is -0.478 e. The molecule has 2 aromatic carbocycles. The van der Waals surface area contributed by atoms with Gasteiger partial charge in [-0.1, -0.05) is 18.2 Å². The van der Waals surface area contributed by atoms with Gasteiger partial charge in [0.1, 0.15) is 11.0 Å². The molecule has 0 heterocycles. The highest BCUT2D eigenvalue weighted by Gasteiger charge is 2.16. The number of hydrogen-bond acceptors (Lipinski definition) is 4. The van der Waals surface area contributed by atoms with Gasteiger partial charge in [0.15, 0.2) is 24.0 Å². The van der Waals surface area contributed by atoms with Crippen molar-refractivity contribution in [3.05, 3.63) is 54.1 Å². The number of benzene rings is 2. The SMILES string of the molecule is CN(C)C(=O)COc1c(F)cc(SCCN(C)S(=O)c2ccccc2)cc1F. The van der Waals surface area contributed by atoms with Crippen molar-refractivity contribution >= 4 is 28.7 Å². The number of carbonyl (C=O) groups is 1. The quantitative estimate of drug-likeness (QED) is 0.576. The zero-order chi connectivity index (χ0) is 20.7. The zero-order valence-corrected chi connectivity index (χ0v) is 17.5. The lowest BCUT2D eigenvalue weighted by Crippen LogP contribution is -2.27. The summed E-state index contributed by atoms with van der Waals surface area (Å²) in [5.74, 6) is -2.20. The smallest absolute Gasteiger partial charge is 0.259 e. The summed E-state index contributed by atoms with van der Waals surface area (Å²) in [6, 6.07) is 11.4. The van der Waals surface area contributed by atoms with E-state index in [0.29, 0.717) is 22.1 Å². The molecule has 5 nitrogen and oxygen atoms in total. The standard InChI is InChI=1S/C19H22F2N2O3S2/c1-22(2)18(24)13-26-19-16(20)11-14(12-17(19)21)27-10-9-23(3)28(25)15-7-5-4-6-8-15/h4-8,11-12H,9-10,13H2,1-3H3. The molecule has 1 amide bonds. The fraction of sp³-hybridized carbons (Fsp3) is 0.316. The maximum atomic E-state index is 14.1. The molecule has 0 bridgehead atoms. The maximum absolute atomic E-state index is 14.1. The van der Waals surface area contributed by atoms with E-state index >= 15 is 0 Å². The molecule has 0 saturated heterocycles. The molecule has 0 radical (unpaired) electrons. The number of amides is 1. The third-order valence-electron chi connectivity index (χ3n) is 3.71. The van der Waals surface area contributed by atoms with Gasteiger partial charge in [0.25, 0.3) is 5.91 Å². The van der Waals surface area contributed by atoms with Crippen molar-refractivity contribution in [2.75, 3.05) is 40.0 Å². The number of thioether (sulfide) groups is 1. The summed E-state index contributed by atoms with van der Waals surface area (Å²) in [4.78, 5) is 13.8. The first-order valence-corrected chi connectivity index (χ1v) is 10.5. The third-order valence-corrected chi connectivity index (χ3v) is 6.09. The van der Waals surface area contributed by atoms with E-state index in [0.717, 1.165) is 12.1 Å². The van der Waals surface area contributed by atoms with Gasteiger partial charge in [0.2, 0.25) is 0 Å². The molecule has 1 unspecified atom stereocenters. The van der Waals surface area contributed by atoms with Crippen molar-refractivity contribution in [1.82, 2.24) is 9.21 Å². The lowest BCUT2D eigenvalue weighted by molar-refractivity contribution is -0.130. The van der Waals surface area contributed by atoms with Gasteiger partial charge in [-0.15, -0.1) is 11.8 Å². The van der Waals surface area contributed by atoms with Crippen LogP contribution in [0.1, 0.15) is 0 Å². The molecule has 0 aliphatic rings. The predicted octanol–water partition coefficient (Wildman–Crippen LogP) is 3.18. The van der Waals surface area contributed by atoms with Gasteiger partial charge < -0.3 is 9.64 Å². The van der Waals surface area contributed by atoms with E-state index in [2.05, 4.69) is 0 Å². The number of nitrogens with zero attached hydrogens (tertiary/aromatic N) is 2. The van der Waals surface area contributed by atoms with Crippen molar-refractivity contribution in [2.24, 2.45) is 0 Å². The molecular weight excluding hydrogens is 406 g/mol. The second-order valence-electron chi connectivity index (χ2n) is 6.06. The van der Waals surface area contributed by atoms with E-state index < -0.39 is 40.9 Å². The van der Waals surface area contributed by atoms with Crippen LogP contribution in [0, 0.1) is 11.6 Å². The molecule has 0 fully saturated rings. The Labute approximate surface area is 170 Å². The van der Waals surface area contributed by atoms with E-state index in [1.807, 2.05) is 18.2 Å².